The van der Waals surface area contributed by atoms with Crippen molar-refractivity contribution >= 4 is 0 Å². The molecule has 0 saturated heterocycles. The van der Waals surface area contributed by atoms with Crippen LogP contribution in [0.5, 0.6) is 0 Å². The molecule has 0 aromatic heterocycles. The molecule has 2 nitrogen and oxygen atoms in total. The molecule has 0 fully saturated rings. The maximum Gasteiger partial charge on any atom is 0.127 e. The summed E-state index contributed by atoms with van der Waals surface area (Å²) in [6.07, 6.45) is 0.731. The third kappa shape index (κ3) is 3.61. The fraction of sp³-hybridized carbons (Fsp3) is 0.500. The number of halogens is 1. The predicted octanol–water partition coefficient (Wildman–Crippen LogP) is 2.50. The number of nitrogens with two attached hydrogens (primary N) is 1. The minimum absolute atomic E-state index is 0.227. The zero-order valence-electron chi connectivity index (χ0n) is 9.24. The quantitative estimate of drug-likeness (QED) is 0.812. The van der Waals surface area contributed by atoms with E-state index in [4.69, 9.17) is 10.5 Å². The monoisotopic (exact) mass is 211 g/mol. The molecule has 0 spiro atoms. The van der Waals surface area contributed by atoms with Crippen molar-refractivity contribution < 1.29 is 9.13 Å². The Balaban J connectivity index is 2.61. The van der Waals surface area contributed by atoms with Crippen LogP contribution >= 0.6 is 0 Å². The molecule has 0 heterocycles. The molecule has 15 heavy (non-hydrogen) atoms. The highest BCUT2D eigenvalue weighted by Gasteiger charge is 2.14. The minimum atomic E-state index is -0.253. The number of ether oxygens (including phenoxy) is 1. The second-order valence-electron chi connectivity index (χ2n) is 3.92. The Morgan fingerprint density at radius 3 is 2.67 bits per heavy atom. The van der Waals surface area contributed by atoms with Gasteiger partial charge in [0.05, 0.1) is 0 Å². The summed E-state index contributed by atoms with van der Waals surface area (Å²) in [5.74, 6) is 0.110. The Morgan fingerprint density at radius 1 is 1.40 bits per heavy atom. The van der Waals surface area contributed by atoms with Gasteiger partial charge in [0.15, 0.2) is 0 Å². The number of hydrogen-bond donors (Lipinski definition) is 1. The predicted molar refractivity (Wildman–Crippen MR) is 59.0 cm³/mol. The van der Waals surface area contributed by atoms with Gasteiger partial charge in [-0.2, -0.15) is 0 Å². The van der Waals surface area contributed by atoms with E-state index in [1.54, 1.807) is 25.3 Å². The molecule has 0 amide bonds. The lowest BCUT2D eigenvalue weighted by Gasteiger charge is -2.17. The molecule has 0 aliphatic rings. The number of rotatable bonds is 5. The average molecular weight is 211 g/mol. The second kappa shape index (κ2) is 5.83. The molecule has 1 aromatic rings. The zero-order chi connectivity index (χ0) is 11.3. The maximum atomic E-state index is 13.4. The summed E-state index contributed by atoms with van der Waals surface area (Å²) < 4.78 is 18.4. The fourth-order valence-electron chi connectivity index (χ4n) is 1.69. The molecule has 84 valence electrons. The van der Waals surface area contributed by atoms with Gasteiger partial charge in [-0.3, -0.25) is 0 Å². The Morgan fingerprint density at radius 2 is 2.07 bits per heavy atom. The lowest BCUT2D eigenvalue weighted by atomic mass is 9.97. The summed E-state index contributed by atoms with van der Waals surface area (Å²) >= 11 is 0. The third-order valence-electron chi connectivity index (χ3n) is 2.41. The highest BCUT2D eigenvalue weighted by Crippen LogP contribution is 2.21. The Hall–Kier alpha value is -0.930. The van der Waals surface area contributed by atoms with Crippen LogP contribution < -0.4 is 5.73 Å². The molecule has 1 aromatic carbocycles. The standard InChI is InChI=1S/C12H18FNO/c1-9(8-15-2)7-12(14)10-5-3-4-6-11(10)13/h3-6,9,12H,7-8,14H2,1-2H3. The Labute approximate surface area is 90.2 Å². The van der Waals surface area contributed by atoms with Gasteiger partial charge in [0.1, 0.15) is 5.82 Å². The smallest absolute Gasteiger partial charge is 0.127 e. The van der Waals surface area contributed by atoms with Crippen LogP contribution in [0.15, 0.2) is 24.3 Å². The molecular formula is C12H18FNO. The molecule has 1 rings (SSSR count). The van der Waals surface area contributed by atoms with Crippen molar-refractivity contribution in [2.24, 2.45) is 11.7 Å². The zero-order valence-corrected chi connectivity index (χ0v) is 9.24. The van der Waals surface area contributed by atoms with E-state index in [9.17, 15) is 4.39 Å². The normalized spacial score (nSPS) is 14.9. The van der Waals surface area contributed by atoms with Gasteiger partial charge >= 0.3 is 0 Å². The van der Waals surface area contributed by atoms with Crippen LogP contribution in [-0.4, -0.2) is 13.7 Å². The van der Waals surface area contributed by atoms with Crippen LogP contribution in [0.2, 0.25) is 0 Å². The van der Waals surface area contributed by atoms with Gasteiger partial charge in [0.2, 0.25) is 0 Å². The molecule has 0 radical (unpaired) electrons. The lowest BCUT2D eigenvalue weighted by molar-refractivity contribution is 0.152. The van der Waals surface area contributed by atoms with E-state index in [2.05, 4.69) is 0 Å². The van der Waals surface area contributed by atoms with E-state index < -0.39 is 0 Å². The summed E-state index contributed by atoms with van der Waals surface area (Å²) in [4.78, 5) is 0. The van der Waals surface area contributed by atoms with E-state index in [0.29, 0.717) is 18.1 Å². The van der Waals surface area contributed by atoms with Crippen molar-refractivity contribution in [3.63, 3.8) is 0 Å². The van der Waals surface area contributed by atoms with Crippen molar-refractivity contribution in [1.29, 1.82) is 0 Å². The molecule has 2 unspecified atom stereocenters. The summed E-state index contributed by atoms with van der Waals surface area (Å²) in [6, 6.07) is 6.40. The molecule has 0 aliphatic carbocycles. The van der Waals surface area contributed by atoms with Crippen LogP contribution in [0, 0.1) is 11.7 Å². The average Bonchev–Trinajstić information content (AvgIpc) is 2.18. The van der Waals surface area contributed by atoms with Gasteiger partial charge in [-0.25, -0.2) is 4.39 Å². The van der Waals surface area contributed by atoms with Crippen molar-refractivity contribution in [2.45, 2.75) is 19.4 Å². The topological polar surface area (TPSA) is 35.2 Å². The maximum absolute atomic E-state index is 13.4. The summed E-state index contributed by atoms with van der Waals surface area (Å²) in [5.41, 5.74) is 6.52. The van der Waals surface area contributed by atoms with Gasteiger partial charge in [0, 0.05) is 25.3 Å². The molecule has 0 saturated carbocycles. The molecular weight excluding hydrogens is 193 g/mol. The molecule has 0 aliphatic heterocycles. The highest BCUT2D eigenvalue weighted by atomic mass is 19.1. The van der Waals surface area contributed by atoms with Gasteiger partial charge in [-0.1, -0.05) is 25.1 Å². The first-order chi connectivity index (χ1) is 7.15. The van der Waals surface area contributed by atoms with Crippen molar-refractivity contribution in [2.75, 3.05) is 13.7 Å². The van der Waals surface area contributed by atoms with E-state index in [1.165, 1.54) is 6.07 Å². The van der Waals surface area contributed by atoms with E-state index >= 15 is 0 Å². The number of methoxy groups -OCH3 is 1. The first-order valence-corrected chi connectivity index (χ1v) is 5.14. The summed E-state index contributed by atoms with van der Waals surface area (Å²) in [5, 5.41) is 0. The summed E-state index contributed by atoms with van der Waals surface area (Å²) in [6.45, 7) is 2.70. The molecule has 3 heteroatoms. The highest BCUT2D eigenvalue weighted by molar-refractivity contribution is 5.20. The first-order valence-electron chi connectivity index (χ1n) is 5.14. The Kier molecular flexibility index (Phi) is 4.72. The van der Waals surface area contributed by atoms with E-state index in [1.807, 2.05) is 6.92 Å². The van der Waals surface area contributed by atoms with Gasteiger partial charge < -0.3 is 10.5 Å². The lowest BCUT2D eigenvalue weighted by Crippen LogP contribution is -2.17. The van der Waals surface area contributed by atoms with Crippen LogP contribution in [0.25, 0.3) is 0 Å². The van der Waals surface area contributed by atoms with E-state index in [0.717, 1.165) is 6.42 Å². The van der Waals surface area contributed by atoms with Gasteiger partial charge in [-0.15, -0.1) is 0 Å². The van der Waals surface area contributed by atoms with E-state index in [-0.39, 0.29) is 11.9 Å². The van der Waals surface area contributed by atoms with Gasteiger partial charge in [-0.05, 0) is 18.4 Å². The van der Waals surface area contributed by atoms with Crippen LogP contribution in [-0.2, 0) is 4.74 Å². The van der Waals surface area contributed by atoms with Crippen LogP contribution in [0.4, 0.5) is 4.39 Å². The van der Waals surface area contributed by atoms with Crippen molar-refractivity contribution in [3.8, 4) is 0 Å². The molecule has 0 bridgehead atoms. The SMILES string of the molecule is COCC(C)CC(N)c1ccccc1F. The Bertz CT molecular complexity index is 303. The summed E-state index contributed by atoms with van der Waals surface area (Å²) in [7, 11) is 1.66. The van der Waals surface area contributed by atoms with Crippen molar-refractivity contribution in [1.82, 2.24) is 0 Å². The minimum Gasteiger partial charge on any atom is -0.384 e. The first kappa shape index (κ1) is 12.1. The third-order valence-corrected chi connectivity index (χ3v) is 2.41. The van der Waals surface area contributed by atoms with Crippen molar-refractivity contribution in [3.05, 3.63) is 35.6 Å². The van der Waals surface area contributed by atoms with Crippen LogP contribution in [0.3, 0.4) is 0 Å². The molecule has 2 N–H and O–H groups in total. The van der Waals surface area contributed by atoms with Gasteiger partial charge in [0.25, 0.3) is 0 Å². The second-order valence-corrected chi connectivity index (χ2v) is 3.92. The van der Waals surface area contributed by atoms with Crippen LogP contribution in [0.1, 0.15) is 24.9 Å². The molecule has 2 atom stereocenters. The number of hydrogen-bond acceptors (Lipinski definition) is 2. The fourth-order valence-corrected chi connectivity index (χ4v) is 1.69. The number of benzene rings is 1. The largest absolute Gasteiger partial charge is 0.384 e.